The van der Waals surface area contributed by atoms with Crippen LogP contribution in [0.3, 0.4) is 0 Å². The van der Waals surface area contributed by atoms with Crippen LogP contribution in [0.4, 0.5) is 14.9 Å². The molecule has 0 atom stereocenters. The lowest BCUT2D eigenvalue weighted by Gasteiger charge is -2.12. The van der Waals surface area contributed by atoms with Crippen LogP contribution in [-0.4, -0.2) is 26.8 Å². The average molecular weight is 513 g/mol. The molecule has 8 heteroatoms. The van der Waals surface area contributed by atoms with E-state index in [-0.39, 0.29) is 29.9 Å². The van der Waals surface area contributed by atoms with Gasteiger partial charge in [0.2, 0.25) is 0 Å². The van der Waals surface area contributed by atoms with Gasteiger partial charge in [0, 0.05) is 34.8 Å². The summed E-state index contributed by atoms with van der Waals surface area (Å²) in [5, 5.41) is 20.9. The maximum absolute atomic E-state index is 14.1. The van der Waals surface area contributed by atoms with Crippen LogP contribution in [0.1, 0.15) is 58.8 Å². The normalized spacial score (nSPS) is 13.4. The molecular formula is C30H29FN4O3. The maximum atomic E-state index is 14.1. The Balaban J connectivity index is 1.43. The highest BCUT2D eigenvalue weighted by Crippen LogP contribution is 2.38. The summed E-state index contributed by atoms with van der Waals surface area (Å²) in [7, 11) is 0. The molecule has 38 heavy (non-hydrogen) atoms. The standard InChI is InChI=1S/C30H29FN4O3/c1-19-8-2-6-12-23(19)29(37)33-22-14-15-28(36)24(16-22)26-17-27(20-9-3-4-10-20)35(34-26)30(38)32-18-21-11-5-7-13-25(21)31/h2,5-8,11-17,20,36H,3-4,9-10,18H2,1H3,(H,32,38)(H,33,37). The van der Waals surface area contributed by atoms with Gasteiger partial charge in [-0.05, 0) is 61.7 Å². The van der Waals surface area contributed by atoms with E-state index in [1.54, 1.807) is 42.5 Å². The highest BCUT2D eigenvalue weighted by atomic mass is 19.1. The lowest BCUT2D eigenvalue weighted by molar-refractivity contribution is 0.102. The summed E-state index contributed by atoms with van der Waals surface area (Å²) in [5.41, 5.74) is 3.84. The van der Waals surface area contributed by atoms with Gasteiger partial charge in [-0.25, -0.2) is 9.18 Å². The maximum Gasteiger partial charge on any atom is 0.342 e. The predicted molar refractivity (Wildman–Crippen MR) is 144 cm³/mol. The summed E-state index contributed by atoms with van der Waals surface area (Å²) in [6.45, 7) is 1.89. The van der Waals surface area contributed by atoms with E-state index in [0.29, 0.717) is 28.1 Å². The fraction of sp³-hybridized carbons (Fsp3) is 0.233. The highest BCUT2D eigenvalue weighted by molar-refractivity contribution is 6.05. The van der Waals surface area contributed by atoms with E-state index >= 15 is 0 Å². The van der Waals surface area contributed by atoms with Crippen LogP contribution in [0.5, 0.6) is 5.75 Å². The van der Waals surface area contributed by atoms with Crippen molar-refractivity contribution in [1.29, 1.82) is 0 Å². The van der Waals surface area contributed by atoms with E-state index < -0.39 is 6.03 Å². The summed E-state index contributed by atoms with van der Waals surface area (Å²) in [6.07, 6.45) is 4.00. The predicted octanol–water partition coefficient (Wildman–Crippen LogP) is 6.37. The zero-order valence-electron chi connectivity index (χ0n) is 21.1. The zero-order valence-corrected chi connectivity index (χ0v) is 21.1. The topological polar surface area (TPSA) is 96.2 Å². The highest BCUT2D eigenvalue weighted by Gasteiger charge is 2.26. The molecule has 0 aliphatic heterocycles. The minimum absolute atomic E-state index is 0.0201. The number of hydrogen-bond acceptors (Lipinski definition) is 4. The second-order valence-electron chi connectivity index (χ2n) is 9.60. The first-order valence-electron chi connectivity index (χ1n) is 12.7. The lowest BCUT2D eigenvalue weighted by Crippen LogP contribution is -2.31. The first-order valence-corrected chi connectivity index (χ1v) is 12.7. The molecule has 5 rings (SSSR count). The van der Waals surface area contributed by atoms with Gasteiger partial charge in [0.05, 0.1) is 11.4 Å². The Hall–Kier alpha value is -4.46. The number of rotatable bonds is 6. The average Bonchev–Trinajstić information content (AvgIpc) is 3.60. The van der Waals surface area contributed by atoms with Gasteiger partial charge in [-0.3, -0.25) is 4.79 Å². The smallest absolute Gasteiger partial charge is 0.342 e. The molecule has 2 amide bonds. The summed E-state index contributed by atoms with van der Waals surface area (Å²) >= 11 is 0. The summed E-state index contributed by atoms with van der Waals surface area (Å²) in [6, 6.07) is 19.7. The fourth-order valence-electron chi connectivity index (χ4n) is 4.93. The number of phenolic OH excluding ortho intramolecular Hbond substituents is 1. The number of anilines is 1. The minimum Gasteiger partial charge on any atom is -0.507 e. The first kappa shape index (κ1) is 25.2. The molecule has 3 N–H and O–H groups in total. The summed E-state index contributed by atoms with van der Waals surface area (Å²) in [4.78, 5) is 26.0. The van der Waals surface area contributed by atoms with Gasteiger partial charge in [-0.1, -0.05) is 49.2 Å². The van der Waals surface area contributed by atoms with E-state index in [0.717, 1.165) is 36.9 Å². The molecular weight excluding hydrogens is 483 g/mol. The van der Waals surface area contributed by atoms with Gasteiger partial charge in [-0.2, -0.15) is 9.78 Å². The van der Waals surface area contributed by atoms with Crippen LogP contribution in [-0.2, 0) is 6.54 Å². The van der Waals surface area contributed by atoms with E-state index in [9.17, 15) is 19.1 Å². The van der Waals surface area contributed by atoms with Crippen LogP contribution in [0.25, 0.3) is 11.3 Å². The second kappa shape index (κ2) is 10.9. The molecule has 3 aromatic carbocycles. The number of halogens is 1. The third kappa shape index (κ3) is 5.29. The van der Waals surface area contributed by atoms with Gasteiger partial charge in [0.25, 0.3) is 5.91 Å². The molecule has 194 valence electrons. The third-order valence-corrected chi connectivity index (χ3v) is 7.01. The van der Waals surface area contributed by atoms with Crippen molar-refractivity contribution in [3.63, 3.8) is 0 Å². The molecule has 1 aliphatic carbocycles. The van der Waals surface area contributed by atoms with Crippen molar-refractivity contribution in [2.75, 3.05) is 5.32 Å². The van der Waals surface area contributed by atoms with Crippen molar-refractivity contribution in [2.45, 2.75) is 45.1 Å². The van der Waals surface area contributed by atoms with Gasteiger partial charge >= 0.3 is 6.03 Å². The minimum atomic E-state index is -0.468. The van der Waals surface area contributed by atoms with Crippen molar-refractivity contribution in [1.82, 2.24) is 15.1 Å². The molecule has 0 radical (unpaired) electrons. The Morgan fingerprint density at radius 1 is 1.03 bits per heavy atom. The Kier molecular flexibility index (Phi) is 7.22. The summed E-state index contributed by atoms with van der Waals surface area (Å²) in [5.74, 6) is -0.515. The Morgan fingerprint density at radius 3 is 2.53 bits per heavy atom. The number of amides is 2. The fourth-order valence-corrected chi connectivity index (χ4v) is 4.93. The lowest BCUT2D eigenvalue weighted by atomic mass is 10.0. The molecule has 1 aliphatic rings. The molecule has 7 nitrogen and oxygen atoms in total. The number of phenols is 1. The van der Waals surface area contributed by atoms with E-state index in [2.05, 4.69) is 15.7 Å². The molecule has 0 saturated heterocycles. The molecule has 0 unspecified atom stereocenters. The van der Waals surface area contributed by atoms with Gasteiger partial charge in [0.15, 0.2) is 0 Å². The van der Waals surface area contributed by atoms with Crippen LogP contribution < -0.4 is 10.6 Å². The van der Waals surface area contributed by atoms with Crippen LogP contribution >= 0.6 is 0 Å². The molecule has 4 aromatic rings. The number of benzene rings is 3. The molecule has 1 fully saturated rings. The number of hydrogen-bond donors (Lipinski definition) is 3. The van der Waals surface area contributed by atoms with E-state index in [1.165, 1.54) is 16.8 Å². The third-order valence-electron chi connectivity index (χ3n) is 7.01. The number of aromatic hydroxyl groups is 1. The molecule has 0 spiro atoms. The second-order valence-corrected chi connectivity index (χ2v) is 9.60. The largest absolute Gasteiger partial charge is 0.507 e. The Bertz CT molecular complexity index is 1490. The first-order chi connectivity index (χ1) is 18.4. The van der Waals surface area contributed by atoms with Crippen LogP contribution in [0.15, 0.2) is 72.8 Å². The number of aryl methyl sites for hydroxylation is 1. The number of aromatic nitrogens is 2. The SMILES string of the molecule is Cc1ccccc1C(=O)Nc1ccc(O)c(-c2cc(C3CCCC3)n(C(=O)NCc3ccccc3F)n2)c1. The monoisotopic (exact) mass is 512 g/mol. The Labute approximate surface area is 220 Å². The van der Waals surface area contributed by atoms with Crippen molar-refractivity contribution < 1.29 is 19.1 Å². The van der Waals surface area contributed by atoms with Gasteiger partial charge < -0.3 is 15.7 Å². The number of carbonyl (C=O) groups excluding carboxylic acids is 2. The van der Waals surface area contributed by atoms with E-state index in [4.69, 9.17) is 0 Å². The number of carbonyl (C=O) groups is 2. The zero-order chi connectivity index (χ0) is 26.6. The molecule has 1 saturated carbocycles. The summed E-state index contributed by atoms with van der Waals surface area (Å²) < 4.78 is 15.4. The molecule has 0 bridgehead atoms. The van der Waals surface area contributed by atoms with Crippen LogP contribution in [0, 0.1) is 12.7 Å². The quantitative estimate of drug-likeness (QED) is 0.262. The Morgan fingerprint density at radius 2 is 1.76 bits per heavy atom. The molecule has 1 heterocycles. The number of nitrogens with one attached hydrogen (secondary N) is 2. The van der Waals surface area contributed by atoms with Gasteiger partial charge in [-0.15, -0.1) is 0 Å². The number of nitrogens with zero attached hydrogens (tertiary/aromatic N) is 2. The van der Waals surface area contributed by atoms with Gasteiger partial charge in [0.1, 0.15) is 11.6 Å². The van der Waals surface area contributed by atoms with Crippen molar-refractivity contribution >= 4 is 17.6 Å². The molecule has 1 aromatic heterocycles. The van der Waals surface area contributed by atoms with Crippen molar-refractivity contribution in [2.24, 2.45) is 0 Å². The van der Waals surface area contributed by atoms with Crippen molar-refractivity contribution in [3.8, 4) is 17.0 Å². The van der Waals surface area contributed by atoms with Crippen LogP contribution in [0.2, 0.25) is 0 Å². The van der Waals surface area contributed by atoms with E-state index in [1.807, 2.05) is 25.1 Å². The van der Waals surface area contributed by atoms with Crippen molar-refractivity contribution in [3.05, 3.63) is 101 Å².